The molecule has 2 aromatic carbocycles. The number of nitrogens with zero attached hydrogens (tertiary/aromatic N) is 1. The molecule has 0 saturated carbocycles. The van der Waals surface area contributed by atoms with Gasteiger partial charge in [-0.1, -0.05) is 6.07 Å². The van der Waals surface area contributed by atoms with Crippen LogP contribution in [0.1, 0.15) is 16.8 Å². The Balaban J connectivity index is 1.84. The maximum atomic E-state index is 12.4. The number of carbonyl (C=O) groups is 1. The number of hydrogen-bond donors (Lipinski definition) is 1. The molecule has 1 amide bonds. The Morgan fingerprint density at radius 2 is 1.92 bits per heavy atom. The van der Waals surface area contributed by atoms with Crippen molar-refractivity contribution in [3.8, 4) is 11.5 Å². The first-order chi connectivity index (χ1) is 12.4. The minimum Gasteiger partial charge on any atom is -0.497 e. The van der Waals surface area contributed by atoms with Crippen LogP contribution < -0.4 is 19.1 Å². The van der Waals surface area contributed by atoms with Gasteiger partial charge in [0.2, 0.25) is 10.0 Å². The Morgan fingerprint density at radius 1 is 1.12 bits per heavy atom. The highest BCUT2D eigenvalue weighted by molar-refractivity contribution is 7.93. The molecule has 138 valence electrons. The summed E-state index contributed by atoms with van der Waals surface area (Å²) in [5, 5.41) is 2.78. The fourth-order valence-corrected chi connectivity index (χ4v) is 4.41. The highest BCUT2D eigenvalue weighted by atomic mass is 32.2. The van der Waals surface area contributed by atoms with Gasteiger partial charge in [-0.2, -0.15) is 0 Å². The van der Waals surface area contributed by atoms with Gasteiger partial charge in [0.1, 0.15) is 11.5 Å². The first-order valence-electron chi connectivity index (χ1n) is 8.08. The Labute approximate surface area is 152 Å². The van der Waals surface area contributed by atoms with Gasteiger partial charge >= 0.3 is 0 Å². The predicted molar refractivity (Wildman–Crippen MR) is 99.7 cm³/mol. The van der Waals surface area contributed by atoms with Crippen molar-refractivity contribution in [1.29, 1.82) is 0 Å². The van der Waals surface area contributed by atoms with Crippen LogP contribution in [-0.2, 0) is 10.0 Å². The van der Waals surface area contributed by atoms with Crippen LogP contribution in [0.25, 0.3) is 0 Å². The first-order valence-corrected chi connectivity index (χ1v) is 9.69. The molecule has 0 bridgehead atoms. The smallest absolute Gasteiger partial charge is 0.255 e. The van der Waals surface area contributed by atoms with Gasteiger partial charge in [0.05, 0.1) is 25.7 Å². The maximum absolute atomic E-state index is 12.4. The summed E-state index contributed by atoms with van der Waals surface area (Å²) in [5.74, 6) is 0.807. The van der Waals surface area contributed by atoms with Gasteiger partial charge in [0.15, 0.2) is 0 Å². The number of sulfonamides is 1. The quantitative estimate of drug-likeness (QED) is 0.867. The summed E-state index contributed by atoms with van der Waals surface area (Å²) in [5.41, 5.74) is 1.44. The molecule has 0 unspecified atom stereocenters. The molecule has 7 nitrogen and oxygen atoms in total. The lowest BCUT2D eigenvalue weighted by molar-refractivity contribution is 0.102. The summed E-state index contributed by atoms with van der Waals surface area (Å²) in [4.78, 5) is 12.4. The van der Waals surface area contributed by atoms with Gasteiger partial charge in [-0.05, 0) is 36.8 Å². The number of hydrogen-bond acceptors (Lipinski definition) is 5. The van der Waals surface area contributed by atoms with Crippen molar-refractivity contribution in [2.45, 2.75) is 6.42 Å². The number of nitrogens with one attached hydrogen (secondary N) is 1. The van der Waals surface area contributed by atoms with Crippen LogP contribution in [0.4, 0.5) is 11.4 Å². The number of methoxy groups -OCH3 is 2. The summed E-state index contributed by atoms with van der Waals surface area (Å²) in [7, 11) is -0.305. The number of benzene rings is 2. The number of ether oxygens (including phenoxy) is 2. The normalized spacial score (nSPS) is 15.5. The molecule has 26 heavy (non-hydrogen) atoms. The third kappa shape index (κ3) is 3.60. The fourth-order valence-electron chi connectivity index (χ4n) is 2.84. The third-order valence-electron chi connectivity index (χ3n) is 4.14. The second-order valence-electron chi connectivity index (χ2n) is 5.81. The molecule has 0 atom stereocenters. The van der Waals surface area contributed by atoms with E-state index in [1.54, 1.807) is 42.5 Å². The number of carbonyl (C=O) groups excluding carboxylic acids is 1. The van der Waals surface area contributed by atoms with E-state index < -0.39 is 10.0 Å². The van der Waals surface area contributed by atoms with Gasteiger partial charge < -0.3 is 14.8 Å². The van der Waals surface area contributed by atoms with Crippen molar-refractivity contribution < 1.29 is 22.7 Å². The maximum Gasteiger partial charge on any atom is 0.255 e. The van der Waals surface area contributed by atoms with Crippen LogP contribution >= 0.6 is 0 Å². The van der Waals surface area contributed by atoms with Crippen LogP contribution in [0.3, 0.4) is 0 Å². The van der Waals surface area contributed by atoms with Crippen LogP contribution in [0.5, 0.6) is 11.5 Å². The molecule has 0 spiro atoms. The fraction of sp³-hybridized carbons (Fsp3) is 0.278. The summed E-state index contributed by atoms with van der Waals surface area (Å²) in [6.45, 7) is 0.425. The molecule has 1 aliphatic heterocycles. The van der Waals surface area contributed by atoms with Crippen molar-refractivity contribution >= 4 is 27.3 Å². The number of anilines is 2. The number of rotatable bonds is 5. The van der Waals surface area contributed by atoms with Crippen LogP contribution in [0.2, 0.25) is 0 Å². The van der Waals surface area contributed by atoms with E-state index in [1.165, 1.54) is 18.5 Å². The number of amides is 1. The molecule has 8 heteroatoms. The highest BCUT2D eigenvalue weighted by Gasteiger charge is 2.30. The summed E-state index contributed by atoms with van der Waals surface area (Å²) < 4.78 is 36.1. The highest BCUT2D eigenvalue weighted by Crippen LogP contribution is 2.35. The van der Waals surface area contributed by atoms with Gasteiger partial charge in [-0.3, -0.25) is 9.10 Å². The van der Waals surface area contributed by atoms with Crippen molar-refractivity contribution in [3.05, 3.63) is 48.0 Å². The standard InChI is InChI=1S/C18H20N2O5S/c1-24-15-6-3-5-13(11-15)18(21)19-14-7-8-16(17(12-14)25-2)20-9-4-10-26(20,22)23/h3,5-8,11-12H,4,9-10H2,1-2H3,(H,19,21). The van der Waals surface area contributed by atoms with E-state index in [1.807, 2.05) is 0 Å². The Bertz CT molecular complexity index is 927. The molecule has 3 rings (SSSR count). The molecule has 0 radical (unpaired) electrons. The van der Waals surface area contributed by atoms with E-state index in [9.17, 15) is 13.2 Å². The van der Waals surface area contributed by atoms with Gasteiger partial charge in [-0.25, -0.2) is 8.42 Å². The van der Waals surface area contributed by atoms with E-state index >= 15 is 0 Å². The zero-order valence-electron chi connectivity index (χ0n) is 14.6. The topological polar surface area (TPSA) is 84.9 Å². The molecular weight excluding hydrogens is 356 g/mol. The van der Waals surface area contributed by atoms with Crippen LogP contribution in [-0.4, -0.2) is 40.8 Å². The summed E-state index contributed by atoms with van der Waals surface area (Å²) in [6.07, 6.45) is 0.583. The molecular formula is C18H20N2O5S. The SMILES string of the molecule is COc1cccc(C(=O)Nc2ccc(N3CCCS3(=O)=O)c(OC)c2)c1. The van der Waals surface area contributed by atoms with E-state index in [4.69, 9.17) is 9.47 Å². The first kappa shape index (κ1) is 18.1. The predicted octanol–water partition coefficient (Wildman–Crippen LogP) is 2.50. The molecule has 1 heterocycles. The zero-order chi connectivity index (χ0) is 18.7. The minimum absolute atomic E-state index is 0.129. The van der Waals surface area contributed by atoms with Crippen molar-refractivity contribution in [2.75, 3.05) is 36.1 Å². The van der Waals surface area contributed by atoms with Crippen molar-refractivity contribution in [2.24, 2.45) is 0 Å². The molecule has 1 saturated heterocycles. The third-order valence-corrected chi connectivity index (χ3v) is 5.99. The minimum atomic E-state index is -3.31. The van der Waals surface area contributed by atoms with Crippen molar-refractivity contribution in [1.82, 2.24) is 0 Å². The second-order valence-corrected chi connectivity index (χ2v) is 7.83. The lowest BCUT2D eigenvalue weighted by Gasteiger charge is -2.20. The van der Waals surface area contributed by atoms with Crippen LogP contribution in [0, 0.1) is 0 Å². The lowest BCUT2D eigenvalue weighted by Crippen LogP contribution is -2.25. The Hall–Kier alpha value is -2.74. The Kier molecular flexibility index (Phi) is 5.03. The monoisotopic (exact) mass is 376 g/mol. The molecule has 2 aromatic rings. The molecule has 1 fully saturated rings. The average Bonchev–Trinajstić information content (AvgIpc) is 3.00. The van der Waals surface area contributed by atoms with E-state index in [0.717, 1.165) is 0 Å². The van der Waals surface area contributed by atoms with Crippen LogP contribution in [0.15, 0.2) is 42.5 Å². The van der Waals surface area contributed by atoms with E-state index in [0.29, 0.717) is 41.4 Å². The summed E-state index contributed by atoms with van der Waals surface area (Å²) in [6, 6.07) is 11.7. The molecule has 0 aromatic heterocycles. The summed E-state index contributed by atoms with van der Waals surface area (Å²) >= 11 is 0. The average molecular weight is 376 g/mol. The van der Waals surface area contributed by atoms with E-state index in [2.05, 4.69) is 5.32 Å². The largest absolute Gasteiger partial charge is 0.497 e. The van der Waals surface area contributed by atoms with Gasteiger partial charge in [0, 0.05) is 23.9 Å². The second kappa shape index (κ2) is 7.25. The Morgan fingerprint density at radius 3 is 2.58 bits per heavy atom. The zero-order valence-corrected chi connectivity index (χ0v) is 15.4. The lowest BCUT2D eigenvalue weighted by atomic mass is 10.2. The van der Waals surface area contributed by atoms with Gasteiger partial charge in [0.25, 0.3) is 5.91 Å². The molecule has 1 N–H and O–H groups in total. The van der Waals surface area contributed by atoms with E-state index in [-0.39, 0.29) is 11.7 Å². The molecule has 1 aliphatic rings. The molecule has 0 aliphatic carbocycles. The van der Waals surface area contributed by atoms with Gasteiger partial charge in [-0.15, -0.1) is 0 Å². The van der Waals surface area contributed by atoms with Crippen molar-refractivity contribution in [3.63, 3.8) is 0 Å².